The molecule has 2 saturated heterocycles. The van der Waals surface area contributed by atoms with Gasteiger partial charge in [0.2, 0.25) is 5.95 Å². The van der Waals surface area contributed by atoms with Crippen LogP contribution in [0.25, 0.3) is 11.0 Å². The van der Waals surface area contributed by atoms with Crippen molar-refractivity contribution in [2.24, 2.45) is 5.41 Å². The van der Waals surface area contributed by atoms with Gasteiger partial charge in [-0.2, -0.15) is 0 Å². The molecule has 2 amide bonds. The quantitative estimate of drug-likeness (QED) is 0.525. The number of hydrogen-bond acceptors (Lipinski definition) is 6. The van der Waals surface area contributed by atoms with Crippen LogP contribution in [0, 0.1) is 18.2 Å². The molecule has 0 radical (unpaired) electrons. The number of furan rings is 1. The second-order valence-corrected chi connectivity index (χ2v) is 8.17. The third-order valence-corrected chi connectivity index (χ3v) is 5.72. The first-order chi connectivity index (χ1) is 15.4. The molecule has 2 aromatic heterocycles. The minimum atomic E-state index is -0.403. The third-order valence-electron chi connectivity index (χ3n) is 5.72. The molecule has 182 valence electrons. The summed E-state index contributed by atoms with van der Waals surface area (Å²) < 4.78 is 40.6. The Hall–Kier alpha value is -3.41. The van der Waals surface area contributed by atoms with Gasteiger partial charge < -0.3 is 24.7 Å². The molecule has 0 unspecified atom stereocenters. The predicted octanol–water partition coefficient (Wildman–Crippen LogP) is 4.87. The number of nitrogens with zero attached hydrogens (tertiary/aromatic N) is 3. The fraction of sp³-hybridized carbons (Fsp3) is 0.381. The molecule has 1 aromatic carbocycles. The second kappa shape index (κ2) is 9.61. The zero-order valence-electron chi connectivity index (χ0n) is 17.9. The number of halogens is 4. The minimum absolute atomic E-state index is 0. The standard InChI is InChI=1S/C21H22FN5O3.F2.FH.2H2/c1-12-16-5-14(22)3-4-17(16)30-18(12)13(2)25-20(28)26-15-6-23-19(24-7-15)27-8-21(9-27)10-29-11-21;1-2;;;/h3-7,13H,8-11H2,1-2H3,(H2,25,26,28);;3*1H/t13-;;;;/m1..../s1. The number of aryl methyl sites for hydroxylation is 1. The van der Waals surface area contributed by atoms with E-state index in [-0.39, 0.29) is 18.8 Å². The highest BCUT2D eigenvalue weighted by molar-refractivity contribution is 5.89. The molecular weight excluding hydrogens is 446 g/mol. The molecule has 0 bridgehead atoms. The molecule has 4 heterocycles. The number of amides is 2. The van der Waals surface area contributed by atoms with Gasteiger partial charge in [-0.05, 0) is 32.0 Å². The van der Waals surface area contributed by atoms with Gasteiger partial charge >= 0.3 is 6.03 Å². The summed E-state index contributed by atoms with van der Waals surface area (Å²) >= 11 is 0. The molecule has 1 spiro atoms. The van der Waals surface area contributed by atoms with Gasteiger partial charge in [0.05, 0.1) is 42.8 Å². The van der Waals surface area contributed by atoms with E-state index in [4.69, 9.17) is 18.3 Å². The molecule has 12 heteroatoms. The van der Waals surface area contributed by atoms with Crippen LogP contribution < -0.4 is 15.5 Å². The summed E-state index contributed by atoms with van der Waals surface area (Å²) in [7, 11) is 0. The Morgan fingerprint density at radius 2 is 1.91 bits per heavy atom. The van der Waals surface area contributed by atoms with Crippen LogP contribution in [0.5, 0.6) is 0 Å². The van der Waals surface area contributed by atoms with Crippen molar-refractivity contribution >= 4 is 28.6 Å². The fourth-order valence-electron chi connectivity index (χ4n) is 4.08. The first kappa shape index (κ1) is 24.2. The SMILES string of the molecule is Cc1c([C@@H](C)NC(=O)Nc2cnc(N3CC4(COC4)C3)nc2)oc2ccc(F)cc12.F.FF.[HH].[HH]. The number of nitrogens with one attached hydrogen (secondary N) is 2. The maximum absolute atomic E-state index is 13.5. The van der Waals surface area contributed by atoms with Crippen LogP contribution >= 0.6 is 0 Å². The molecule has 33 heavy (non-hydrogen) atoms. The van der Waals surface area contributed by atoms with Crippen LogP contribution in [0.3, 0.4) is 0 Å². The van der Waals surface area contributed by atoms with Gasteiger partial charge in [0.15, 0.2) is 0 Å². The predicted molar refractivity (Wildman–Crippen MR) is 118 cm³/mol. The van der Waals surface area contributed by atoms with Crippen molar-refractivity contribution in [3.63, 3.8) is 0 Å². The molecular formula is C21H27F4N5O3. The highest BCUT2D eigenvalue weighted by Crippen LogP contribution is 2.39. The van der Waals surface area contributed by atoms with Gasteiger partial charge in [0.25, 0.3) is 0 Å². The Balaban J connectivity index is 0.00000120. The Bertz CT molecular complexity index is 1120. The van der Waals surface area contributed by atoms with Crippen LogP contribution in [-0.2, 0) is 4.74 Å². The average Bonchev–Trinajstić information content (AvgIpc) is 3.05. The van der Waals surface area contributed by atoms with E-state index in [1.807, 2.05) is 13.8 Å². The number of hydrogen-bond donors (Lipinski definition) is 2. The van der Waals surface area contributed by atoms with E-state index in [2.05, 4.69) is 25.5 Å². The van der Waals surface area contributed by atoms with Crippen molar-refractivity contribution in [3.8, 4) is 0 Å². The normalized spacial score (nSPS) is 16.6. The fourth-order valence-corrected chi connectivity index (χ4v) is 4.08. The summed E-state index contributed by atoms with van der Waals surface area (Å²) in [5.41, 5.74) is 2.17. The van der Waals surface area contributed by atoms with E-state index in [0.29, 0.717) is 28.4 Å². The number of rotatable bonds is 4. The first-order valence-corrected chi connectivity index (χ1v) is 9.98. The van der Waals surface area contributed by atoms with Crippen molar-refractivity contribution in [2.45, 2.75) is 19.9 Å². The third kappa shape index (κ3) is 4.70. The van der Waals surface area contributed by atoms with Gasteiger partial charge in [0, 0.05) is 36.0 Å². The van der Waals surface area contributed by atoms with Gasteiger partial charge in [-0.3, -0.25) is 4.70 Å². The van der Waals surface area contributed by atoms with E-state index in [9.17, 15) is 9.18 Å². The summed E-state index contributed by atoms with van der Waals surface area (Å²) in [6, 6.07) is 3.57. The van der Waals surface area contributed by atoms with Crippen molar-refractivity contribution in [2.75, 3.05) is 36.5 Å². The minimum Gasteiger partial charge on any atom is -0.459 e. The molecule has 3 aromatic rings. The monoisotopic (exact) mass is 473 g/mol. The number of carbonyl (C=O) groups excluding carboxylic acids is 1. The van der Waals surface area contributed by atoms with Crippen molar-refractivity contribution < 1.29 is 35.0 Å². The second-order valence-electron chi connectivity index (χ2n) is 8.17. The number of anilines is 2. The largest absolute Gasteiger partial charge is 0.459 e. The zero-order chi connectivity index (χ0) is 22.9. The van der Waals surface area contributed by atoms with Crippen LogP contribution in [0.1, 0.15) is 27.1 Å². The average molecular weight is 473 g/mol. The summed E-state index contributed by atoms with van der Waals surface area (Å²) in [5, 5.41) is 6.26. The summed E-state index contributed by atoms with van der Waals surface area (Å²) in [4.78, 5) is 23.2. The van der Waals surface area contributed by atoms with E-state index >= 15 is 0 Å². The Labute approximate surface area is 189 Å². The number of urea groups is 1. The highest BCUT2D eigenvalue weighted by Gasteiger charge is 2.49. The molecule has 0 aliphatic carbocycles. The maximum atomic E-state index is 13.5. The molecule has 2 N–H and O–H groups in total. The Morgan fingerprint density at radius 3 is 2.52 bits per heavy atom. The van der Waals surface area contributed by atoms with Gasteiger partial charge in [-0.15, -0.1) is 0 Å². The lowest BCUT2D eigenvalue weighted by Gasteiger charge is -2.54. The molecule has 0 saturated carbocycles. The molecule has 2 fully saturated rings. The lowest BCUT2D eigenvalue weighted by molar-refractivity contribution is -0.127. The molecule has 8 nitrogen and oxygen atoms in total. The topological polar surface area (TPSA) is 92.5 Å². The lowest BCUT2D eigenvalue weighted by Crippen LogP contribution is -2.66. The molecule has 1 atom stereocenters. The van der Waals surface area contributed by atoms with Crippen molar-refractivity contribution in [1.82, 2.24) is 15.3 Å². The number of carbonyl (C=O) groups is 1. The zero-order valence-corrected chi connectivity index (χ0v) is 17.9. The van der Waals surface area contributed by atoms with Crippen LogP contribution in [-0.4, -0.2) is 42.3 Å². The van der Waals surface area contributed by atoms with Gasteiger partial charge in [0.1, 0.15) is 17.2 Å². The lowest BCUT2D eigenvalue weighted by atomic mass is 9.78. The Kier molecular flexibility index (Phi) is 7.06. The summed E-state index contributed by atoms with van der Waals surface area (Å²) in [6.45, 7) is 7.07. The molecule has 5 rings (SSSR count). The van der Waals surface area contributed by atoms with Gasteiger partial charge in [-0.1, -0.05) is 0 Å². The van der Waals surface area contributed by atoms with E-state index in [0.717, 1.165) is 31.9 Å². The van der Waals surface area contributed by atoms with Crippen LogP contribution in [0.4, 0.5) is 34.7 Å². The summed E-state index contributed by atoms with van der Waals surface area (Å²) in [5.74, 6) is 0.912. The summed E-state index contributed by atoms with van der Waals surface area (Å²) in [6.07, 6.45) is 3.17. The smallest absolute Gasteiger partial charge is 0.319 e. The number of aromatic nitrogens is 2. The highest BCUT2D eigenvalue weighted by atomic mass is 20.0. The Morgan fingerprint density at radius 1 is 1.24 bits per heavy atom. The van der Waals surface area contributed by atoms with Crippen LogP contribution in [0.2, 0.25) is 0 Å². The van der Waals surface area contributed by atoms with Crippen molar-refractivity contribution in [1.29, 1.82) is 0 Å². The number of fused-ring (bicyclic) bond motifs is 1. The van der Waals surface area contributed by atoms with Gasteiger partial charge in [-0.25, -0.2) is 19.2 Å². The van der Waals surface area contributed by atoms with E-state index < -0.39 is 12.1 Å². The first-order valence-electron chi connectivity index (χ1n) is 9.98. The number of benzene rings is 1. The van der Waals surface area contributed by atoms with E-state index in [1.165, 1.54) is 12.1 Å². The molecule has 2 aliphatic heterocycles. The van der Waals surface area contributed by atoms with Crippen molar-refractivity contribution in [3.05, 3.63) is 47.7 Å². The van der Waals surface area contributed by atoms with E-state index in [1.54, 1.807) is 18.5 Å². The number of ether oxygens (including phenoxy) is 1. The van der Waals surface area contributed by atoms with Crippen LogP contribution in [0.15, 0.2) is 35.0 Å². The maximum Gasteiger partial charge on any atom is 0.319 e. The molecule has 2 aliphatic rings.